The number of benzene rings is 1. The van der Waals surface area contributed by atoms with E-state index in [1.54, 1.807) is 45.0 Å². The van der Waals surface area contributed by atoms with Gasteiger partial charge in [-0.25, -0.2) is 0 Å². The van der Waals surface area contributed by atoms with Crippen molar-refractivity contribution in [2.24, 2.45) is 17.4 Å². The van der Waals surface area contributed by atoms with Crippen molar-refractivity contribution < 1.29 is 62.0 Å². The van der Waals surface area contributed by atoms with Gasteiger partial charge in [0.05, 0.1) is 118 Å². The average molecular weight is 969 g/mol. The third kappa shape index (κ3) is 37.6. The Hall–Kier alpha value is -5.43. The molecule has 0 aliphatic heterocycles. The number of carbonyl (C=O) groups excluding carboxylic acids is 7. The van der Waals surface area contributed by atoms with Crippen LogP contribution in [0.2, 0.25) is 0 Å². The highest BCUT2D eigenvalue weighted by Gasteiger charge is 2.22. The Morgan fingerprint density at radius 3 is 1.25 bits per heavy atom. The van der Waals surface area contributed by atoms with E-state index in [1.165, 1.54) is 54.7 Å². The van der Waals surface area contributed by atoms with Crippen LogP contribution in [-0.2, 0) is 68.5 Å². The molecule has 0 bridgehead atoms. The first-order valence-electron chi connectivity index (χ1n) is 22.2. The van der Waals surface area contributed by atoms with Crippen molar-refractivity contribution in [2.45, 2.75) is 40.2 Å². The monoisotopic (exact) mass is 969 g/mol. The van der Waals surface area contributed by atoms with Crippen molar-refractivity contribution in [1.29, 1.82) is 10.8 Å². The van der Waals surface area contributed by atoms with Crippen LogP contribution in [0.5, 0.6) is 0 Å². The van der Waals surface area contributed by atoms with Gasteiger partial charge in [-0.2, -0.15) is 0 Å². The lowest BCUT2D eigenvalue weighted by Gasteiger charge is -2.26. The van der Waals surface area contributed by atoms with Gasteiger partial charge in [0.2, 0.25) is 29.5 Å². The summed E-state index contributed by atoms with van der Waals surface area (Å²) in [6, 6.07) is 7.17. The number of amides is 5. The Balaban J connectivity index is 0. The summed E-state index contributed by atoms with van der Waals surface area (Å²) >= 11 is 0. The summed E-state index contributed by atoms with van der Waals surface area (Å²) in [6.45, 7) is 10.5. The van der Waals surface area contributed by atoms with Crippen LogP contribution >= 0.6 is 0 Å². The minimum absolute atomic E-state index is 0.00969. The van der Waals surface area contributed by atoms with Crippen LogP contribution in [0.15, 0.2) is 24.3 Å². The van der Waals surface area contributed by atoms with Crippen LogP contribution in [0.3, 0.4) is 0 Å². The Bertz CT molecular complexity index is 1630. The van der Waals surface area contributed by atoms with Gasteiger partial charge >= 0.3 is 0 Å². The molecule has 7 N–H and O–H groups in total. The van der Waals surface area contributed by atoms with Crippen LogP contribution in [-0.4, -0.2) is 232 Å². The molecule has 0 unspecified atom stereocenters. The second-order valence-corrected chi connectivity index (χ2v) is 15.8. The van der Waals surface area contributed by atoms with Crippen molar-refractivity contribution in [3.63, 3.8) is 0 Å². The van der Waals surface area contributed by atoms with Gasteiger partial charge in [-0.3, -0.25) is 39.6 Å². The number of Topliss-reactive ketones (excluding diaryl/α,β-unsaturated/α-hetero) is 1. The fraction of sp³-hybridized carbons (Fsp3) is 0.667. The molecule has 0 aromatic heterocycles. The predicted molar refractivity (Wildman–Crippen MR) is 256 cm³/mol. The number of rotatable bonds is 35. The van der Waals surface area contributed by atoms with Gasteiger partial charge in [0.1, 0.15) is 12.1 Å². The maximum absolute atomic E-state index is 12.3. The van der Waals surface area contributed by atoms with Crippen molar-refractivity contribution >= 4 is 53.3 Å². The van der Waals surface area contributed by atoms with Crippen molar-refractivity contribution in [2.75, 3.05) is 154 Å². The first-order chi connectivity index (χ1) is 32.1. The highest BCUT2D eigenvalue weighted by atomic mass is 16.6. The van der Waals surface area contributed by atoms with Gasteiger partial charge in [0.25, 0.3) is 0 Å². The molecular formula is C45H80N10O13. The van der Waals surface area contributed by atoms with E-state index < -0.39 is 5.91 Å². The highest BCUT2D eigenvalue weighted by molar-refractivity contribution is 5.95. The lowest BCUT2D eigenvalue weighted by atomic mass is 10.1. The van der Waals surface area contributed by atoms with E-state index in [4.69, 9.17) is 50.7 Å². The molecule has 0 spiro atoms. The quantitative estimate of drug-likeness (QED) is 0.0241. The summed E-state index contributed by atoms with van der Waals surface area (Å²) in [5.41, 5.74) is 11.7. The third-order valence-electron chi connectivity index (χ3n) is 8.78. The van der Waals surface area contributed by atoms with Crippen molar-refractivity contribution in [3.8, 4) is 0 Å². The van der Waals surface area contributed by atoms with Crippen molar-refractivity contribution in [1.82, 2.24) is 29.8 Å². The summed E-state index contributed by atoms with van der Waals surface area (Å²) in [6.07, 6.45) is 1.51. The zero-order chi connectivity index (χ0) is 51.9. The molecule has 68 heavy (non-hydrogen) atoms. The molecule has 1 aromatic carbocycles. The van der Waals surface area contributed by atoms with Gasteiger partial charge in [-0.05, 0) is 26.6 Å². The number of aldehydes is 1. The molecule has 5 amide bonds. The standard InChI is InChI=1S/C24H39N3O8.C19H35N5O5.C2H6N2/c25-24(26)22-4-2-21(3-5-22)20-27-23(29)6-9-31-11-13-33-15-17-35-19-18-34-16-14-32-12-10-30-8-1-7-28;1-14(2)15(25)9-21(5)17(27)11-23(7)19(29)13-24(8)18(28)12-22(6)16(26)10-20(3)4;1-2(3)4/h2-5,7H,1,6,8-20H2,(H3,25,26)(H,27,29);14H,9-13H2,1-8H3;1H3,(H3,3,4). The number of nitrogens with one attached hydrogen (secondary N) is 3. The molecule has 0 fully saturated rings. The second-order valence-electron chi connectivity index (χ2n) is 15.8. The lowest BCUT2D eigenvalue weighted by Crippen LogP contribution is -2.47. The Kier molecular flexibility index (Phi) is 38.6. The molecule has 0 atom stereocenters. The second kappa shape index (κ2) is 40.6. The maximum Gasteiger partial charge on any atom is 0.242 e. The summed E-state index contributed by atoms with van der Waals surface area (Å²) in [7, 11) is 9.48. The van der Waals surface area contributed by atoms with Crippen LogP contribution in [0.25, 0.3) is 0 Å². The Labute approximate surface area is 402 Å². The normalized spacial score (nSPS) is 10.5. The van der Waals surface area contributed by atoms with Crippen LogP contribution < -0.4 is 16.8 Å². The molecule has 0 heterocycles. The minimum atomic E-state index is -0.417. The summed E-state index contributed by atoms with van der Waals surface area (Å²) in [5, 5.41) is 16.5. The molecule has 0 aliphatic rings. The summed E-state index contributed by atoms with van der Waals surface area (Å²) < 4.78 is 32.1. The number of hydrogen-bond donors (Lipinski definition) is 5. The number of nitrogen functional groups attached to an aromatic ring is 1. The number of ketones is 1. The highest BCUT2D eigenvalue weighted by Crippen LogP contribution is 2.04. The first kappa shape index (κ1) is 64.7. The molecule has 1 aromatic rings. The minimum Gasteiger partial charge on any atom is -0.388 e. The van der Waals surface area contributed by atoms with E-state index in [1.807, 2.05) is 12.1 Å². The fourth-order valence-electron chi connectivity index (χ4n) is 4.72. The Morgan fingerprint density at radius 2 is 0.912 bits per heavy atom. The number of carbonyl (C=O) groups is 7. The maximum atomic E-state index is 12.3. The van der Waals surface area contributed by atoms with Gasteiger partial charge in [0, 0.05) is 59.1 Å². The van der Waals surface area contributed by atoms with Crippen LogP contribution in [0, 0.1) is 16.7 Å². The number of nitrogens with zero attached hydrogens (tertiary/aromatic N) is 5. The predicted octanol–water partition coefficient (Wildman–Crippen LogP) is -0.785. The van der Waals surface area contributed by atoms with Gasteiger partial charge < -0.3 is 74.5 Å². The van der Waals surface area contributed by atoms with Gasteiger partial charge in [-0.1, -0.05) is 38.1 Å². The molecular weight excluding hydrogens is 889 g/mol. The van der Waals surface area contributed by atoms with Gasteiger partial charge in [0.15, 0.2) is 5.78 Å². The smallest absolute Gasteiger partial charge is 0.242 e. The largest absolute Gasteiger partial charge is 0.388 e. The van der Waals surface area contributed by atoms with Crippen LogP contribution in [0.4, 0.5) is 0 Å². The van der Waals surface area contributed by atoms with Gasteiger partial charge in [-0.15, -0.1) is 0 Å². The van der Waals surface area contributed by atoms with E-state index in [0.29, 0.717) is 97.8 Å². The summed E-state index contributed by atoms with van der Waals surface area (Å²) in [5.74, 6) is -1.51. The number of nitrogens with two attached hydrogens (primary N) is 2. The average Bonchev–Trinajstić information content (AvgIpc) is 3.27. The number of hydrogen-bond acceptors (Lipinski definition) is 16. The van der Waals surface area contributed by atoms with E-state index in [2.05, 4.69) is 5.32 Å². The van der Waals surface area contributed by atoms with E-state index in [9.17, 15) is 33.6 Å². The first-order valence-corrected chi connectivity index (χ1v) is 22.2. The molecule has 0 saturated carbocycles. The molecule has 388 valence electrons. The fourth-order valence-corrected chi connectivity index (χ4v) is 4.72. The number of likely N-dealkylation sites (N-methyl/N-ethyl adjacent to an activating group) is 5. The lowest BCUT2D eigenvalue weighted by molar-refractivity contribution is -0.144. The van der Waals surface area contributed by atoms with Crippen molar-refractivity contribution in [3.05, 3.63) is 35.4 Å². The molecule has 0 radical (unpaired) electrons. The summed E-state index contributed by atoms with van der Waals surface area (Å²) in [4.78, 5) is 89.1. The topological polar surface area (TPSA) is 303 Å². The zero-order valence-electron chi connectivity index (χ0n) is 41.8. The SMILES string of the molecule is CC(=N)N.CC(C)C(=O)CN(C)C(=O)CN(C)C(=O)CN(C)C(=O)CN(C)C(=O)CN(C)C.N=C(N)c1ccc(CNC(=O)CCOCCOCCOCCOCCOCCOCCC=O)cc1. The van der Waals surface area contributed by atoms with E-state index in [-0.39, 0.29) is 86.1 Å². The number of ether oxygens (including phenoxy) is 6. The molecule has 0 aliphatic carbocycles. The van der Waals surface area contributed by atoms with Crippen LogP contribution in [0.1, 0.15) is 44.7 Å². The molecule has 0 saturated heterocycles. The van der Waals surface area contributed by atoms with E-state index >= 15 is 0 Å². The number of amidine groups is 2. The molecule has 23 nitrogen and oxygen atoms in total. The van der Waals surface area contributed by atoms with E-state index in [0.717, 1.165) is 11.8 Å². The molecule has 23 heteroatoms. The molecule has 1 rings (SSSR count). The zero-order valence-corrected chi connectivity index (χ0v) is 41.8. The third-order valence-corrected chi connectivity index (χ3v) is 8.78. The Morgan fingerprint density at radius 1 is 0.574 bits per heavy atom.